The van der Waals surface area contributed by atoms with Gasteiger partial charge in [0.1, 0.15) is 6.54 Å². The van der Waals surface area contributed by atoms with Gasteiger partial charge in [0.15, 0.2) is 5.78 Å². The fourth-order valence-corrected chi connectivity index (χ4v) is 8.66. The number of hydrogen-bond donors (Lipinski definition) is 1. The summed E-state index contributed by atoms with van der Waals surface area (Å²) in [6, 6.07) is 0. The summed E-state index contributed by atoms with van der Waals surface area (Å²) in [5.41, 5.74) is -1.19. The molecule has 0 saturated heterocycles. The van der Waals surface area contributed by atoms with Crippen molar-refractivity contribution in [3.05, 3.63) is 10.5 Å². The predicted octanol–water partition coefficient (Wildman–Crippen LogP) is 3.78. The lowest BCUT2D eigenvalue weighted by Gasteiger charge is -2.56. The maximum atomic E-state index is 13.5. The molecule has 4 aliphatic rings. The molecule has 0 spiro atoms. The Balaban J connectivity index is 1.31. The number of nitrogens with zero attached hydrogens (tertiary/aromatic N) is 4. The van der Waals surface area contributed by atoms with Crippen LogP contribution in [0.1, 0.15) is 92.4 Å². The quantitative estimate of drug-likeness (QED) is 0.744. The Kier molecular flexibility index (Phi) is 5.46. The van der Waals surface area contributed by atoms with Gasteiger partial charge in [0.25, 0.3) is 0 Å². The number of fused-ring (bicyclic) bond motifs is 5. The van der Waals surface area contributed by atoms with Crippen molar-refractivity contribution in [2.45, 2.75) is 110 Å². The van der Waals surface area contributed by atoms with Crippen LogP contribution in [0, 0.1) is 40.9 Å². The summed E-state index contributed by atoms with van der Waals surface area (Å²) in [6.07, 6.45) is 9.94. The smallest absolute Gasteiger partial charge is 0.364 e. The monoisotopic (exact) mass is 458 g/mol. The van der Waals surface area contributed by atoms with Crippen LogP contribution in [0.3, 0.4) is 0 Å². The summed E-state index contributed by atoms with van der Waals surface area (Å²) in [5.74, 6) is 3.70. The van der Waals surface area contributed by atoms with Gasteiger partial charge in [0.05, 0.1) is 11.1 Å². The zero-order chi connectivity index (χ0) is 23.8. The van der Waals surface area contributed by atoms with E-state index >= 15 is 0 Å². The number of ketones is 1. The zero-order valence-electron chi connectivity index (χ0n) is 21.1. The first kappa shape index (κ1) is 23.3. The van der Waals surface area contributed by atoms with Crippen LogP contribution in [-0.4, -0.2) is 36.3 Å². The lowest BCUT2D eigenvalue weighted by atomic mass is 9.49. The van der Waals surface area contributed by atoms with Gasteiger partial charge in [-0.15, -0.1) is 0 Å². The molecule has 0 aliphatic heterocycles. The van der Waals surface area contributed by atoms with Crippen molar-refractivity contribution in [2.24, 2.45) is 40.9 Å². The topological polar surface area (TPSA) is 90.0 Å². The maximum absolute atomic E-state index is 13.5. The fourth-order valence-electron chi connectivity index (χ4n) is 8.66. The molecule has 7 nitrogen and oxygen atoms in total. The second-order valence-corrected chi connectivity index (χ2v) is 13.3. The molecular formula is C26H42N4O3. The molecule has 4 aliphatic carbocycles. The highest BCUT2D eigenvalue weighted by Gasteiger charge is 2.58. The zero-order valence-corrected chi connectivity index (χ0v) is 21.1. The fraction of sp³-hybridized carbons (Fsp3) is 0.923. The third-order valence-electron chi connectivity index (χ3n) is 10.2. The van der Waals surface area contributed by atoms with Gasteiger partial charge >= 0.3 is 5.69 Å². The summed E-state index contributed by atoms with van der Waals surface area (Å²) >= 11 is 0. The van der Waals surface area contributed by atoms with Gasteiger partial charge in [-0.25, -0.2) is 4.79 Å². The Morgan fingerprint density at radius 3 is 2.42 bits per heavy atom. The van der Waals surface area contributed by atoms with Crippen molar-refractivity contribution in [3.8, 4) is 0 Å². The van der Waals surface area contributed by atoms with Gasteiger partial charge in [-0.05, 0) is 131 Å². The molecule has 4 fully saturated rings. The minimum Gasteiger partial charge on any atom is -0.390 e. The van der Waals surface area contributed by atoms with E-state index in [2.05, 4.69) is 17.4 Å². The van der Waals surface area contributed by atoms with E-state index in [-0.39, 0.29) is 29.4 Å². The van der Waals surface area contributed by atoms with E-state index in [1.54, 1.807) is 0 Å². The van der Waals surface area contributed by atoms with E-state index in [1.165, 1.54) is 28.6 Å². The van der Waals surface area contributed by atoms with Crippen LogP contribution in [-0.2, 0) is 16.9 Å². The average molecular weight is 459 g/mol. The molecule has 7 heteroatoms. The van der Waals surface area contributed by atoms with Gasteiger partial charge < -0.3 is 5.11 Å². The van der Waals surface area contributed by atoms with Crippen LogP contribution in [0.5, 0.6) is 0 Å². The van der Waals surface area contributed by atoms with E-state index in [0.717, 1.165) is 56.3 Å². The Hall–Kier alpha value is -1.50. The Labute approximate surface area is 197 Å². The molecule has 0 radical (unpaired) electrons. The minimum atomic E-state index is -0.477. The van der Waals surface area contributed by atoms with Crippen molar-refractivity contribution in [3.63, 3.8) is 0 Å². The van der Waals surface area contributed by atoms with E-state index in [1.807, 2.05) is 27.7 Å². The molecule has 0 aromatic carbocycles. The predicted molar refractivity (Wildman–Crippen MR) is 126 cm³/mol. The van der Waals surface area contributed by atoms with Crippen molar-refractivity contribution >= 4 is 5.78 Å². The number of aliphatic hydroxyl groups is 1. The molecule has 4 saturated carbocycles. The van der Waals surface area contributed by atoms with E-state index in [0.29, 0.717) is 11.8 Å². The molecule has 8 atom stereocenters. The van der Waals surface area contributed by atoms with Gasteiger partial charge in [0, 0.05) is 5.92 Å². The van der Waals surface area contributed by atoms with Crippen molar-refractivity contribution in [1.29, 1.82) is 0 Å². The molecular weight excluding hydrogens is 416 g/mol. The van der Waals surface area contributed by atoms with Crippen LogP contribution in [0.25, 0.3) is 0 Å². The summed E-state index contributed by atoms with van der Waals surface area (Å²) in [4.78, 5) is 26.2. The molecule has 5 rings (SSSR count). The van der Waals surface area contributed by atoms with Crippen molar-refractivity contribution in [2.75, 3.05) is 0 Å². The molecule has 184 valence electrons. The van der Waals surface area contributed by atoms with Crippen molar-refractivity contribution in [1.82, 2.24) is 19.8 Å². The molecule has 1 aromatic rings. The van der Waals surface area contributed by atoms with Crippen LogP contribution in [0.4, 0.5) is 0 Å². The number of tetrazole rings is 1. The molecule has 0 bridgehead atoms. The highest BCUT2D eigenvalue weighted by molar-refractivity contribution is 5.82. The molecule has 0 unspecified atom stereocenters. The van der Waals surface area contributed by atoms with Crippen molar-refractivity contribution < 1.29 is 9.90 Å². The SMILES string of the molecule is CC(C)(C)n1nnn(CC(=O)[C@H]2CC[C@H]3[C@@H]4CC[C@@H]5C[C@](C)(O)CC[C@@H]5[C@H]4CC[C@]23C)c1=O. The van der Waals surface area contributed by atoms with E-state index in [9.17, 15) is 14.7 Å². The lowest BCUT2D eigenvalue weighted by molar-refractivity contribution is -0.133. The molecule has 1 N–H and O–H groups in total. The molecule has 0 amide bonds. The molecule has 1 aromatic heterocycles. The highest BCUT2D eigenvalue weighted by Crippen LogP contribution is 2.64. The van der Waals surface area contributed by atoms with Crippen LogP contribution in [0.15, 0.2) is 4.79 Å². The number of rotatable bonds is 3. The second kappa shape index (κ2) is 7.76. The Bertz CT molecular complexity index is 973. The van der Waals surface area contributed by atoms with Crippen LogP contribution >= 0.6 is 0 Å². The normalized spacial score (nSPS) is 43.0. The van der Waals surface area contributed by atoms with Crippen LogP contribution < -0.4 is 5.69 Å². The number of carbonyl (C=O) groups is 1. The standard InChI is InChI=1S/C26H42N4O3/c1-24(2,3)30-23(32)29(27-28-30)15-22(31)21-9-8-20-19-7-6-16-14-25(4,33)12-10-17(16)18(19)11-13-26(20,21)5/h16-21,33H,6-15H2,1-5H3/t16-,17+,18-,19-,20+,21-,25-,26+/m1/s1. The van der Waals surface area contributed by atoms with E-state index < -0.39 is 11.1 Å². The summed E-state index contributed by atoms with van der Waals surface area (Å²) in [6.45, 7) is 10.2. The van der Waals surface area contributed by atoms with E-state index in [4.69, 9.17) is 0 Å². The third-order valence-corrected chi connectivity index (χ3v) is 10.2. The van der Waals surface area contributed by atoms with Gasteiger partial charge in [-0.1, -0.05) is 6.92 Å². The number of aromatic nitrogens is 4. The average Bonchev–Trinajstić information content (AvgIpc) is 3.26. The second-order valence-electron chi connectivity index (χ2n) is 13.3. The van der Waals surface area contributed by atoms with Gasteiger partial charge in [-0.3, -0.25) is 4.79 Å². The first-order valence-corrected chi connectivity index (χ1v) is 13.2. The number of carbonyl (C=O) groups excluding carboxylic acids is 1. The first-order valence-electron chi connectivity index (χ1n) is 13.2. The van der Waals surface area contributed by atoms with Crippen LogP contribution in [0.2, 0.25) is 0 Å². The first-order chi connectivity index (χ1) is 15.4. The lowest BCUT2D eigenvalue weighted by Crippen LogP contribution is -2.51. The van der Waals surface area contributed by atoms with Gasteiger partial charge in [0.2, 0.25) is 0 Å². The Morgan fingerprint density at radius 1 is 1.00 bits per heavy atom. The largest absolute Gasteiger partial charge is 0.390 e. The molecule has 1 heterocycles. The number of hydrogen-bond acceptors (Lipinski definition) is 5. The Morgan fingerprint density at radius 2 is 1.73 bits per heavy atom. The highest BCUT2D eigenvalue weighted by atomic mass is 16.3. The number of Topliss-reactive ketones (excluding diaryl/α,β-unsaturated/α-hetero) is 1. The third kappa shape index (κ3) is 3.82. The summed E-state index contributed by atoms with van der Waals surface area (Å²) in [5, 5.41) is 18.6. The maximum Gasteiger partial charge on any atom is 0.364 e. The summed E-state index contributed by atoms with van der Waals surface area (Å²) < 4.78 is 2.62. The summed E-state index contributed by atoms with van der Waals surface area (Å²) in [7, 11) is 0. The molecule has 33 heavy (non-hydrogen) atoms. The minimum absolute atomic E-state index is 0.0138. The van der Waals surface area contributed by atoms with Gasteiger partial charge in [-0.2, -0.15) is 9.36 Å².